The fraction of sp³-hybridized carbons (Fsp3) is 0.0588. The fourth-order valence-electron chi connectivity index (χ4n) is 2.35. The molecular weight excluding hydrogens is 348 g/mol. The minimum atomic E-state index is -0.231. The van der Waals surface area contributed by atoms with E-state index in [0.717, 1.165) is 5.56 Å². The molecule has 10 heteroatoms. The second kappa shape index (κ2) is 7.44. The van der Waals surface area contributed by atoms with Gasteiger partial charge in [-0.25, -0.2) is 4.98 Å². The van der Waals surface area contributed by atoms with Crippen LogP contribution in [0.5, 0.6) is 0 Å². The molecule has 0 aliphatic rings. The summed E-state index contributed by atoms with van der Waals surface area (Å²) in [5.74, 6) is 1.15. The quantitative estimate of drug-likeness (QED) is 0.358. The lowest BCUT2D eigenvalue weighted by molar-refractivity contribution is -0.114. The molecule has 3 aromatic heterocycles. The van der Waals surface area contributed by atoms with E-state index in [-0.39, 0.29) is 11.5 Å². The minimum Gasteiger partial charge on any atom is -0.384 e. The molecule has 0 fully saturated rings. The second-order valence-corrected chi connectivity index (χ2v) is 5.64. The van der Waals surface area contributed by atoms with Gasteiger partial charge in [0, 0.05) is 30.7 Å². The molecule has 0 unspecified atom stereocenters. The van der Waals surface area contributed by atoms with Gasteiger partial charge in [0.15, 0.2) is 5.65 Å². The summed E-state index contributed by atoms with van der Waals surface area (Å²) in [5.41, 5.74) is 12.0. The Hall–Kier alpha value is -4.08. The Morgan fingerprint density at radius 3 is 2.44 bits per heavy atom. The van der Waals surface area contributed by atoms with Crippen molar-refractivity contribution in [3.63, 3.8) is 0 Å². The molecule has 27 heavy (non-hydrogen) atoms. The molecule has 3 heterocycles. The normalized spacial score (nSPS) is 10.3. The largest absolute Gasteiger partial charge is 0.384 e. The van der Waals surface area contributed by atoms with E-state index in [2.05, 4.69) is 25.6 Å². The van der Waals surface area contributed by atoms with Crippen molar-refractivity contribution < 1.29 is 4.79 Å². The molecule has 0 radical (unpaired) electrons. The van der Waals surface area contributed by atoms with Crippen molar-refractivity contribution in [2.24, 2.45) is 0 Å². The van der Waals surface area contributed by atoms with Crippen LogP contribution in [0.3, 0.4) is 0 Å². The van der Waals surface area contributed by atoms with Crippen LogP contribution in [-0.2, 0) is 4.79 Å². The Kier molecular flexibility index (Phi) is 4.88. The number of nitrogens with zero attached hydrogens (tertiary/aromatic N) is 3. The van der Waals surface area contributed by atoms with E-state index < -0.39 is 0 Å². The van der Waals surface area contributed by atoms with Gasteiger partial charge in [-0.15, -0.1) is 0 Å². The first-order valence-electron chi connectivity index (χ1n) is 7.94. The predicted octanol–water partition coefficient (Wildman–Crippen LogP) is 1.22. The van der Waals surface area contributed by atoms with Gasteiger partial charge in [0.05, 0.1) is 5.69 Å². The first kappa shape index (κ1) is 17.7. The van der Waals surface area contributed by atoms with Crippen molar-refractivity contribution >= 4 is 29.0 Å². The van der Waals surface area contributed by atoms with Crippen LogP contribution in [-0.4, -0.2) is 30.7 Å². The predicted molar refractivity (Wildman–Crippen MR) is 103 cm³/mol. The van der Waals surface area contributed by atoms with Crippen LogP contribution in [0.25, 0.3) is 16.9 Å². The zero-order valence-electron chi connectivity index (χ0n) is 14.4. The number of anilines is 3. The van der Waals surface area contributed by atoms with E-state index >= 15 is 0 Å². The van der Waals surface area contributed by atoms with Crippen molar-refractivity contribution in [2.45, 2.75) is 6.92 Å². The molecule has 0 saturated carbocycles. The maximum absolute atomic E-state index is 12.1. The second-order valence-electron chi connectivity index (χ2n) is 5.64. The first-order chi connectivity index (χ1) is 12.9. The number of nitrogen functional groups attached to an aromatic ring is 2. The number of H-pyrrole nitrogens is 2. The summed E-state index contributed by atoms with van der Waals surface area (Å²) in [5, 5.41) is 11.4. The summed E-state index contributed by atoms with van der Waals surface area (Å²) in [6.45, 7) is 1.40. The number of amides is 1. The summed E-state index contributed by atoms with van der Waals surface area (Å²) in [6, 6.07) is 14.1. The zero-order valence-corrected chi connectivity index (χ0v) is 14.4. The number of hydrogen-bond donors (Lipinski definition) is 5. The van der Waals surface area contributed by atoms with Gasteiger partial charge in [-0.05, 0) is 0 Å². The fourth-order valence-corrected chi connectivity index (χ4v) is 2.35. The van der Waals surface area contributed by atoms with E-state index in [1.54, 1.807) is 12.1 Å². The highest BCUT2D eigenvalue weighted by Gasteiger charge is 2.08. The van der Waals surface area contributed by atoms with E-state index in [9.17, 15) is 9.59 Å². The van der Waals surface area contributed by atoms with Crippen molar-refractivity contribution in [1.82, 2.24) is 24.8 Å². The highest BCUT2D eigenvalue weighted by atomic mass is 16.1. The smallest absolute Gasteiger partial charge is 0.273 e. The standard InChI is InChI=1S/C14H12N4O2.C3H6N4/c1-9(19)15-12-8-13-16-11(7-14(20)18(13)17-12)10-5-3-2-4-6-10;4-2-1-3(5)7-6-2/h2-8,17H,1H3,(H,15,19);1H,(H5,4,5,6,7). The Bertz CT molecular complexity index is 1110. The topological polar surface area (TPSA) is 160 Å². The third-order valence-electron chi connectivity index (χ3n) is 3.45. The molecule has 4 aromatic rings. The van der Waals surface area contributed by atoms with Crippen LogP contribution < -0.4 is 22.3 Å². The average molecular weight is 366 g/mol. The van der Waals surface area contributed by atoms with Crippen molar-refractivity contribution in [3.8, 4) is 11.3 Å². The van der Waals surface area contributed by atoms with Crippen molar-refractivity contribution in [3.05, 3.63) is 58.9 Å². The van der Waals surface area contributed by atoms with E-state index in [1.165, 1.54) is 17.5 Å². The van der Waals surface area contributed by atoms with Crippen LogP contribution in [0.2, 0.25) is 0 Å². The third kappa shape index (κ3) is 4.31. The van der Waals surface area contributed by atoms with Crippen LogP contribution in [0.4, 0.5) is 17.5 Å². The summed E-state index contributed by atoms with van der Waals surface area (Å²) < 4.78 is 1.29. The zero-order chi connectivity index (χ0) is 19.4. The lowest BCUT2D eigenvalue weighted by Crippen LogP contribution is -2.15. The monoisotopic (exact) mass is 366 g/mol. The van der Waals surface area contributed by atoms with Gasteiger partial charge in [-0.3, -0.25) is 19.8 Å². The van der Waals surface area contributed by atoms with Gasteiger partial charge in [-0.1, -0.05) is 30.3 Å². The van der Waals surface area contributed by atoms with E-state index in [1.807, 2.05) is 30.3 Å². The molecule has 0 aliphatic carbocycles. The number of hydrogen-bond acceptors (Lipinski definition) is 6. The number of aromatic nitrogens is 5. The Morgan fingerprint density at radius 1 is 1.15 bits per heavy atom. The minimum absolute atomic E-state index is 0.215. The van der Waals surface area contributed by atoms with Crippen LogP contribution >= 0.6 is 0 Å². The Balaban J connectivity index is 0.000000253. The molecule has 138 valence electrons. The van der Waals surface area contributed by atoms with Crippen molar-refractivity contribution in [2.75, 3.05) is 16.8 Å². The van der Waals surface area contributed by atoms with Crippen LogP contribution in [0, 0.1) is 0 Å². The van der Waals surface area contributed by atoms with Gasteiger partial charge < -0.3 is 16.8 Å². The highest BCUT2D eigenvalue weighted by molar-refractivity contribution is 5.88. The van der Waals surface area contributed by atoms with Crippen LogP contribution in [0.15, 0.2) is 53.3 Å². The van der Waals surface area contributed by atoms with Crippen molar-refractivity contribution in [1.29, 1.82) is 0 Å². The maximum Gasteiger partial charge on any atom is 0.273 e. The molecule has 0 bridgehead atoms. The third-order valence-corrected chi connectivity index (χ3v) is 3.45. The number of nitrogens with two attached hydrogens (primary N) is 2. The summed E-state index contributed by atoms with van der Waals surface area (Å²) in [7, 11) is 0. The van der Waals surface area contributed by atoms with Gasteiger partial charge >= 0.3 is 0 Å². The summed E-state index contributed by atoms with van der Waals surface area (Å²) in [4.78, 5) is 27.5. The molecule has 0 atom stereocenters. The SMILES string of the molecule is CC(=O)Nc1cc2nc(-c3ccccc3)cc(=O)n2[nH]1.Nc1cc(N)[nH]n1. The molecule has 1 amide bonds. The molecule has 1 aromatic carbocycles. The number of fused-ring (bicyclic) bond motifs is 1. The lowest BCUT2D eigenvalue weighted by atomic mass is 10.1. The number of carbonyl (C=O) groups excluding carboxylic acids is 1. The number of aromatic amines is 2. The maximum atomic E-state index is 12.1. The molecule has 10 nitrogen and oxygen atoms in total. The lowest BCUT2D eigenvalue weighted by Gasteiger charge is -2.00. The Morgan fingerprint density at radius 2 is 1.89 bits per heavy atom. The van der Waals surface area contributed by atoms with E-state index in [4.69, 9.17) is 11.5 Å². The molecule has 4 rings (SSSR count). The molecular formula is C17H18N8O2. The number of nitrogens with one attached hydrogen (secondary N) is 3. The first-order valence-corrected chi connectivity index (χ1v) is 7.94. The number of carbonyl (C=O) groups is 1. The molecule has 0 aliphatic heterocycles. The van der Waals surface area contributed by atoms with E-state index in [0.29, 0.717) is 28.8 Å². The highest BCUT2D eigenvalue weighted by Crippen LogP contribution is 2.16. The Labute approximate surface area is 153 Å². The summed E-state index contributed by atoms with van der Waals surface area (Å²) >= 11 is 0. The molecule has 7 N–H and O–H groups in total. The van der Waals surface area contributed by atoms with Gasteiger partial charge in [0.1, 0.15) is 17.5 Å². The molecule has 0 saturated heterocycles. The van der Waals surface area contributed by atoms with Crippen LogP contribution in [0.1, 0.15) is 6.92 Å². The van der Waals surface area contributed by atoms with Gasteiger partial charge in [0.25, 0.3) is 5.56 Å². The summed E-state index contributed by atoms with van der Waals surface area (Å²) in [6.07, 6.45) is 0. The number of rotatable bonds is 2. The average Bonchev–Trinajstić information content (AvgIpc) is 3.21. The molecule has 0 spiro atoms. The van der Waals surface area contributed by atoms with Gasteiger partial charge in [0.2, 0.25) is 5.91 Å². The number of benzene rings is 1. The van der Waals surface area contributed by atoms with Gasteiger partial charge in [-0.2, -0.15) is 9.61 Å².